The highest BCUT2D eigenvalue weighted by molar-refractivity contribution is 5.47. The minimum Gasteiger partial charge on any atom is -0.487 e. The first-order valence-electron chi connectivity index (χ1n) is 9.19. The molecule has 0 unspecified atom stereocenters. The molecule has 0 aliphatic rings. The number of hydrogen-bond acceptors (Lipinski definition) is 4. The number of hydrogen-bond donors (Lipinski definition) is 1. The van der Waals surface area contributed by atoms with Gasteiger partial charge in [0, 0.05) is 32.2 Å². The number of benzene rings is 1. The van der Waals surface area contributed by atoms with Crippen LogP contribution < -0.4 is 10.1 Å². The first-order chi connectivity index (χ1) is 12.8. The van der Waals surface area contributed by atoms with Gasteiger partial charge in [0.15, 0.2) is 0 Å². The first-order valence-corrected chi connectivity index (χ1v) is 9.19. The maximum Gasteiger partial charge on any atom is 0.140 e. The Morgan fingerprint density at radius 2 is 2.00 bits per heavy atom. The molecular formula is C21H27N3O2. The molecule has 5 nitrogen and oxygen atoms in total. The fourth-order valence-electron chi connectivity index (χ4n) is 2.81. The molecule has 3 aromatic rings. The van der Waals surface area contributed by atoms with Gasteiger partial charge in [-0.1, -0.05) is 18.2 Å². The van der Waals surface area contributed by atoms with E-state index in [2.05, 4.69) is 35.4 Å². The van der Waals surface area contributed by atoms with Crippen LogP contribution in [0.3, 0.4) is 0 Å². The standard InChI is InChI=1S/C21H27N3O2/c1-3-25-13-5-11-22-14-18-7-9-20(10-8-18)26-16-19-15-24-12-4-6-17(2)21(24)23-19/h4,6-10,12,15,22H,3,5,11,13-14,16H2,1-2H3. The van der Waals surface area contributed by atoms with Crippen molar-refractivity contribution in [1.29, 1.82) is 0 Å². The second kappa shape index (κ2) is 9.36. The van der Waals surface area contributed by atoms with Crippen molar-refractivity contribution >= 4 is 5.65 Å². The molecule has 0 saturated heterocycles. The summed E-state index contributed by atoms with van der Waals surface area (Å²) < 4.78 is 13.2. The van der Waals surface area contributed by atoms with E-state index in [1.165, 1.54) is 5.56 Å². The zero-order valence-electron chi connectivity index (χ0n) is 15.6. The number of aromatic nitrogens is 2. The van der Waals surface area contributed by atoms with Crippen LogP contribution in [-0.4, -0.2) is 29.1 Å². The van der Waals surface area contributed by atoms with Crippen molar-refractivity contribution in [1.82, 2.24) is 14.7 Å². The van der Waals surface area contributed by atoms with Crippen LogP contribution in [0.2, 0.25) is 0 Å². The molecular weight excluding hydrogens is 326 g/mol. The van der Waals surface area contributed by atoms with Crippen molar-refractivity contribution in [3.63, 3.8) is 0 Å². The van der Waals surface area contributed by atoms with E-state index in [1.807, 2.05) is 41.9 Å². The van der Waals surface area contributed by atoms with Crippen LogP contribution in [0.4, 0.5) is 0 Å². The molecule has 2 heterocycles. The second-order valence-electron chi connectivity index (χ2n) is 6.31. The highest BCUT2D eigenvalue weighted by atomic mass is 16.5. The third kappa shape index (κ3) is 5.07. The number of fused-ring (bicyclic) bond motifs is 1. The maximum atomic E-state index is 5.87. The molecule has 0 aliphatic carbocycles. The van der Waals surface area contributed by atoms with E-state index in [1.54, 1.807) is 0 Å². The SMILES string of the molecule is CCOCCCNCc1ccc(OCc2cn3cccc(C)c3n2)cc1. The lowest BCUT2D eigenvalue weighted by molar-refractivity contribution is 0.144. The lowest BCUT2D eigenvalue weighted by atomic mass is 10.2. The van der Waals surface area contributed by atoms with E-state index < -0.39 is 0 Å². The van der Waals surface area contributed by atoms with Crippen LogP contribution in [-0.2, 0) is 17.9 Å². The number of nitrogens with one attached hydrogen (secondary N) is 1. The average Bonchev–Trinajstić information content (AvgIpc) is 3.08. The minimum absolute atomic E-state index is 0.468. The van der Waals surface area contributed by atoms with Gasteiger partial charge >= 0.3 is 0 Å². The fraction of sp³-hybridized carbons (Fsp3) is 0.381. The zero-order chi connectivity index (χ0) is 18.2. The van der Waals surface area contributed by atoms with E-state index in [4.69, 9.17) is 9.47 Å². The van der Waals surface area contributed by atoms with Crippen molar-refractivity contribution in [2.24, 2.45) is 0 Å². The lowest BCUT2D eigenvalue weighted by Gasteiger charge is -2.07. The molecule has 0 spiro atoms. The van der Waals surface area contributed by atoms with Gasteiger partial charge in [-0.15, -0.1) is 0 Å². The molecule has 3 rings (SSSR count). The highest BCUT2D eigenvalue weighted by Crippen LogP contribution is 2.15. The summed E-state index contributed by atoms with van der Waals surface area (Å²) >= 11 is 0. The summed E-state index contributed by atoms with van der Waals surface area (Å²) in [5, 5.41) is 3.42. The molecule has 1 aromatic carbocycles. The Kier molecular flexibility index (Phi) is 6.63. The van der Waals surface area contributed by atoms with Crippen LogP contribution >= 0.6 is 0 Å². The maximum absolute atomic E-state index is 5.87. The molecule has 2 aromatic heterocycles. The van der Waals surface area contributed by atoms with Crippen LogP contribution in [0.1, 0.15) is 30.2 Å². The summed E-state index contributed by atoms with van der Waals surface area (Å²) in [7, 11) is 0. The molecule has 0 amide bonds. The van der Waals surface area contributed by atoms with E-state index >= 15 is 0 Å². The Bertz CT molecular complexity index is 812. The Balaban J connectivity index is 1.45. The van der Waals surface area contributed by atoms with Crippen LogP contribution in [0, 0.1) is 6.92 Å². The smallest absolute Gasteiger partial charge is 0.140 e. The molecule has 1 N–H and O–H groups in total. The van der Waals surface area contributed by atoms with E-state index in [9.17, 15) is 0 Å². The van der Waals surface area contributed by atoms with E-state index in [0.29, 0.717) is 6.61 Å². The monoisotopic (exact) mass is 353 g/mol. The summed E-state index contributed by atoms with van der Waals surface area (Å²) in [5.41, 5.74) is 4.32. The van der Waals surface area contributed by atoms with Gasteiger partial charge in [0.25, 0.3) is 0 Å². The summed E-state index contributed by atoms with van der Waals surface area (Å²) in [6.45, 7) is 7.98. The van der Waals surface area contributed by atoms with Crippen molar-refractivity contribution in [2.75, 3.05) is 19.8 Å². The molecule has 5 heteroatoms. The Labute approximate surface area is 155 Å². The Morgan fingerprint density at radius 1 is 1.15 bits per heavy atom. The van der Waals surface area contributed by atoms with Gasteiger partial charge in [-0.05, 0) is 56.1 Å². The normalized spacial score (nSPS) is 11.2. The number of pyridine rings is 1. The van der Waals surface area contributed by atoms with Gasteiger partial charge in [-0.3, -0.25) is 0 Å². The van der Waals surface area contributed by atoms with Gasteiger partial charge < -0.3 is 19.2 Å². The summed E-state index contributed by atoms with van der Waals surface area (Å²) in [5.74, 6) is 0.860. The van der Waals surface area contributed by atoms with E-state index in [0.717, 1.165) is 55.4 Å². The topological polar surface area (TPSA) is 47.8 Å². The number of imidazole rings is 1. The molecule has 0 bridgehead atoms. The van der Waals surface area contributed by atoms with Crippen LogP contribution in [0.5, 0.6) is 5.75 Å². The Morgan fingerprint density at radius 3 is 2.77 bits per heavy atom. The van der Waals surface area contributed by atoms with Gasteiger partial charge in [0.2, 0.25) is 0 Å². The molecule has 0 aliphatic heterocycles. The largest absolute Gasteiger partial charge is 0.487 e. The molecule has 0 radical (unpaired) electrons. The quantitative estimate of drug-likeness (QED) is 0.564. The van der Waals surface area contributed by atoms with Crippen molar-refractivity contribution in [2.45, 2.75) is 33.4 Å². The minimum atomic E-state index is 0.468. The Hall–Kier alpha value is -2.37. The molecule has 0 atom stereocenters. The van der Waals surface area contributed by atoms with Crippen molar-refractivity contribution in [3.05, 3.63) is 65.6 Å². The fourth-order valence-corrected chi connectivity index (χ4v) is 2.81. The third-order valence-electron chi connectivity index (χ3n) is 4.21. The predicted octanol–water partition coefficient (Wildman–Crippen LogP) is 3.74. The van der Waals surface area contributed by atoms with Gasteiger partial charge in [0.05, 0.1) is 5.69 Å². The number of ether oxygens (including phenoxy) is 2. The lowest BCUT2D eigenvalue weighted by Crippen LogP contribution is -2.16. The summed E-state index contributed by atoms with van der Waals surface area (Å²) in [6, 6.07) is 12.3. The average molecular weight is 353 g/mol. The van der Waals surface area contributed by atoms with E-state index in [-0.39, 0.29) is 0 Å². The second-order valence-corrected chi connectivity index (χ2v) is 6.31. The third-order valence-corrected chi connectivity index (χ3v) is 4.21. The zero-order valence-corrected chi connectivity index (χ0v) is 15.6. The summed E-state index contributed by atoms with van der Waals surface area (Å²) in [4.78, 5) is 4.63. The van der Waals surface area contributed by atoms with Gasteiger partial charge in [-0.2, -0.15) is 0 Å². The van der Waals surface area contributed by atoms with Gasteiger partial charge in [-0.25, -0.2) is 4.98 Å². The molecule has 0 saturated carbocycles. The van der Waals surface area contributed by atoms with Crippen molar-refractivity contribution in [3.8, 4) is 5.75 Å². The predicted molar refractivity (Wildman–Crippen MR) is 104 cm³/mol. The number of nitrogens with zero attached hydrogens (tertiary/aromatic N) is 2. The number of rotatable bonds is 10. The first kappa shape index (κ1) is 18.4. The van der Waals surface area contributed by atoms with Crippen molar-refractivity contribution < 1.29 is 9.47 Å². The number of aryl methyl sites for hydroxylation is 1. The molecule has 0 fully saturated rings. The van der Waals surface area contributed by atoms with Crippen LogP contribution in [0.25, 0.3) is 5.65 Å². The van der Waals surface area contributed by atoms with Gasteiger partial charge in [0.1, 0.15) is 18.0 Å². The van der Waals surface area contributed by atoms with Crippen LogP contribution in [0.15, 0.2) is 48.8 Å². The molecule has 26 heavy (non-hydrogen) atoms. The molecule has 138 valence electrons. The highest BCUT2D eigenvalue weighted by Gasteiger charge is 2.04. The summed E-state index contributed by atoms with van der Waals surface area (Å²) in [6.07, 6.45) is 5.06.